The molecule has 2 nitrogen and oxygen atoms in total. The van der Waals surface area contributed by atoms with E-state index in [0.29, 0.717) is 6.04 Å². The minimum Gasteiger partial charge on any atom is -0.314 e. The fraction of sp³-hybridized carbons (Fsp3) is 1.00. The normalized spacial score (nSPS) is 27.4. The molecule has 3 atom stereocenters. The lowest BCUT2D eigenvalue weighted by atomic mass is 9.78. The molecule has 0 aliphatic heterocycles. The average Bonchev–Trinajstić information content (AvgIpc) is 2.40. The molecule has 0 aromatic rings. The van der Waals surface area contributed by atoms with Crippen LogP contribution in [0.15, 0.2) is 0 Å². The molecule has 120 valence electrons. The van der Waals surface area contributed by atoms with Crippen LogP contribution in [0.4, 0.5) is 0 Å². The standard InChI is InChI=1S/C18H38N2/c1-6-8-9-12-20(15(3)4)14-17-13-16(5)10-11-18(17)19-7-2/h15-19H,6-14H2,1-5H3. The fourth-order valence-corrected chi connectivity index (χ4v) is 3.66. The minimum atomic E-state index is 0.686. The van der Waals surface area contributed by atoms with Gasteiger partial charge in [0.05, 0.1) is 0 Å². The van der Waals surface area contributed by atoms with Crippen LogP contribution in [0.3, 0.4) is 0 Å². The number of nitrogens with zero attached hydrogens (tertiary/aromatic N) is 1. The second kappa shape index (κ2) is 9.78. The zero-order chi connectivity index (χ0) is 15.0. The topological polar surface area (TPSA) is 15.3 Å². The molecule has 1 aliphatic rings. The summed E-state index contributed by atoms with van der Waals surface area (Å²) >= 11 is 0. The van der Waals surface area contributed by atoms with Crippen molar-refractivity contribution in [2.24, 2.45) is 11.8 Å². The van der Waals surface area contributed by atoms with Crippen molar-refractivity contribution in [3.05, 3.63) is 0 Å². The molecule has 2 heteroatoms. The van der Waals surface area contributed by atoms with Gasteiger partial charge in [-0.15, -0.1) is 0 Å². The zero-order valence-electron chi connectivity index (χ0n) is 14.6. The molecule has 1 rings (SSSR count). The lowest BCUT2D eigenvalue weighted by molar-refractivity contribution is 0.123. The monoisotopic (exact) mass is 282 g/mol. The average molecular weight is 283 g/mol. The van der Waals surface area contributed by atoms with Crippen molar-refractivity contribution in [1.29, 1.82) is 0 Å². The molecular formula is C18H38N2. The highest BCUT2D eigenvalue weighted by atomic mass is 15.1. The van der Waals surface area contributed by atoms with Gasteiger partial charge in [-0.2, -0.15) is 0 Å². The Balaban J connectivity index is 2.53. The van der Waals surface area contributed by atoms with Crippen LogP contribution in [0, 0.1) is 11.8 Å². The van der Waals surface area contributed by atoms with Gasteiger partial charge in [0.15, 0.2) is 0 Å². The number of nitrogens with one attached hydrogen (secondary N) is 1. The first kappa shape index (κ1) is 18.0. The van der Waals surface area contributed by atoms with Crippen molar-refractivity contribution in [2.75, 3.05) is 19.6 Å². The van der Waals surface area contributed by atoms with Gasteiger partial charge in [-0.05, 0) is 64.5 Å². The van der Waals surface area contributed by atoms with E-state index < -0.39 is 0 Å². The Morgan fingerprint density at radius 2 is 1.90 bits per heavy atom. The molecule has 1 fully saturated rings. The molecule has 1 saturated carbocycles. The second-order valence-electron chi connectivity index (χ2n) is 7.14. The lowest BCUT2D eigenvalue weighted by Gasteiger charge is -2.39. The zero-order valence-corrected chi connectivity index (χ0v) is 14.6. The summed E-state index contributed by atoms with van der Waals surface area (Å²) in [6.45, 7) is 15.4. The Labute approximate surface area is 127 Å². The van der Waals surface area contributed by atoms with Crippen molar-refractivity contribution >= 4 is 0 Å². The van der Waals surface area contributed by atoms with Gasteiger partial charge < -0.3 is 10.2 Å². The van der Waals surface area contributed by atoms with Gasteiger partial charge in [0, 0.05) is 18.6 Å². The van der Waals surface area contributed by atoms with Crippen LogP contribution in [0.2, 0.25) is 0 Å². The third-order valence-corrected chi connectivity index (χ3v) is 4.96. The van der Waals surface area contributed by atoms with E-state index in [0.717, 1.165) is 24.4 Å². The number of unbranched alkanes of at least 4 members (excludes halogenated alkanes) is 2. The van der Waals surface area contributed by atoms with Crippen LogP contribution in [0.5, 0.6) is 0 Å². The van der Waals surface area contributed by atoms with Gasteiger partial charge in [0.1, 0.15) is 0 Å². The van der Waals surface area contributed by atoms with Gasteiger partial charge in [-0.25, -0.2) is 0 Å². The largest absolute Gasteiger partial charge is 0.314 e. The molecule has 1 aliphatic carbocycles. The van der Waals surface area contributed by atoms with Crippen LogP contribution in [-0.4, -0.2) is 36.6 Å². The van der Waals surface area contributed by atoms with Gasteiger partial charge in [0.25, 0.3) is 0 Å². The maximum Gasteiger partial charge on any atom is 0.0108 e. The molecular weight excluding hydrogens is 244 g/mol. The molecule has 0 heterocycles. The third kappa shape index (κ3) is 6.13. The van der Waals surface area contributed by atoms with Crippen LogP contribution < -0.4 is 5.32 Å². The smallest absolute Gasteiger partial charge is 0.0108 e. The molecule has 0 saturated heterocycles. The van der Waals surface area contributed by atoms with Crippen LogP contribution in [0.25, 0.3) is 0 Å². The SMILES string of the molecule is CCCCCN(CC1CC(C)CCC1NCC)C(C)C. The van der Waals surface area contributed by atoms with E-state index in [4.69, 9.17) is 0 Å². The van der Waals surface area contributed by atoms with Gasteiger partial charge in [-0.3, -0.25) is 0 Å². The van der Waals surface area contributed by atoms with Crippen molar-refractivity contribution in [3.63, 3.8) is 0 Å². The van der Waals surface area contributed by atoms with E-state index in [1.165, 1.54) is 51.6 Å². The van der Waals surface area contributed by atoms with E-state index in [9.17, 15) is 0 Å². The maximum atomic E-state index is 3.74. The summed E-state index contributed by atoms with van der Waals surface area (Å²) in [5.41, 5.74) is 0. The molecule has 0 aromatic carbocycles. The summed E-state index contributed by atoms with van der Waals surface area (Å²) in [5, 5.41) is 3.74. The summed E-state index contributed by atoms with van der Waals surface area (Å²) in [6, 6.07) is 1.44. The highest BCUT2D eigenvalue weighted by molar-refractivity contribution is 4.86. The maximum absolute atomic E-state index is 3.74. The quantitative estimate of drug-likeness (QED) is 0.634. The lowest BCUT2D eigenvalue weighted by Crippen LogP contribution is -2.47. The van der Waals surface area contributed by atoms with Crippen molar-refractivity contribution in [2.45, 2.75) is 85.2 Å². The van der Waals surface area contributed by atoms with Crippen LogP contribution in [-0.2, 0) is 0 Å². The van der Waals surface area contributed by atoms with E-state index in [-0.39, 0.29) is 0 Å². The molecule has 3 unspecified atom stereocenters. The summed E-state index contributed by atoms with van der Waals surface area (Å²) in [7, 11) is 0. The van der Waals surface area contributed by atoms with Gasteiger partial charge >= 0.3 is 0 Å². The summed E-state index contributed by atoms with van der Waals surface area (Å²) in [4.78, 5) is 2.72. The summed E-state index contributed by atoms with van der Waals surface area (Å²) in [5.74, 6) is 1.77. The first-order valence-electron chi connectivity index (χ1n) is 9.05. The van der Waals surface area contributed by atoms with E-state index in [2.05, 4.69) is 44.8 Å². The Kier molecular flexibility index (Phi) is 8.79. The molecule has 1 N–H and O–H groups in total. The highest BCUT2D eigenvalue weighted by Gasteiger charge is 2.29. The number of rotatable bonds is 9. The Hall–Kier alpha value is -0.0800. The van der Waals surface area contributed by atoms with E-state index in [1.54, 1.807) is 0 Å². The molecule has 0 amide bonds. The Bertz CT molecular complexity index is 240. The Morgan fingerprint density at radius 1 is 1.15 bits per heavy atom. The Morgan fingerprint density at radius 3 is 2.50 bits per heavy atom. The van der Waals surface area contributed by atoms with Crippen molar-refractivity contribution in [1.82, 2.24) is 10.2 Å². The molecule has 0 radical (unpaired) electrons. The first-order chi connectivity index (χ1) is 9.58. The van der Waals surface area contributed by atoms with Gasteiger partial charge in [0.2, 0.25) is 0 Å². The molecule has 0 aromatic heterocycles. The number of hydrogen-bond donors (Lipinski definition) is 1. The van der Waals surface area contributed by atoms with Crippen molar-refractivity contribution in [3.8, 4) is 0 Å². The first-order valence-corrected chi connectivity index (χ1v) is 9.05. The minimum absolute atomic E-state index is 0.686. The summed E-state index contributed by atoms with van der Waals surface area (Å²) in [6.07, 6.45) is 8.26. The third-order valence-electron chi connectivity index (χ3n) is 4.96. The predicted molar refractivity (Wildman–Crippen MR) is 90.2 cm³/mol. The second-order valence-corrected chi connectivity index (χ2v) is 7.14. The summed E-state index contributed by atoms with van der Waals surface area (Å²) < 4.78 is 0. The molecule has 0 bridgehead atoms. The highest BCUT2D eigenvalue weighted by Crippen LogP contribution is 2.30. The number of hydrogen-bond acceptors (Lipinski definition) is 2. The molecule has 0 spiro atoms. The molecule has 20 heavy (non-hydrogen) atoms. The fourth-order valence-electron chi connectivity index (χ4n) is 3.66. The van der Waals surface area contributed by atoms with Crippen molar-refractivity contribution < 1.29 is 0 Å². The van der Waals surface area contributed by atoms with Crippen LogP contribution >= 0.6 is 0 Å². The predicted octanol–water partition coefficient (Wildman–Crippen LogP) is 4.30. The van der Waals surface area contributed by atoms with E-state index in [1.807, 2.05) is 0 Å². The van der Waals surface area contributed by atoms with E-state index >= 15 is 0 Å². The van der Waals surface area contributed by atoms with Crippen LogP contribution in [0.1, 0.15) is 73.1 Å². The van der Waals surface area contributed by atoms with Gasteiger partial charge in [-0.1, -0.05) is 33.6 Å².